The van der Waals surface area contributed by atoms with Gasteiger partial charge in [-0.25, -0.2) is 4.79 Å². The quantitative estimate of drug-likeness (QED) is 0.551. The highest BCUT2D eigenvalue weighted by molar-refractivity contribution is 6.22. The van der Waals surface area contributed by atoms with Crippen LogP contribution in [-0.2, 0) is 19.1 Å². The first kappa shape index (κ1) is 21.5. The molecular formula is C24H24N2O6. The van der Waals surface area contributed by atoms with Gasteiger partial charge in [0.15, 0.2) is 6.61 Å². The van der Waals surface area contributed by atoms with Crippen molar-refractivity contribution in [3.63, 3.8) is 0 Å². The Labute approximate surface area is 185 Å². The van der Waals surface area contributed by atoms with Crippen LogP contribution < -0.4 is 15.0 Å². The first-order valence-corrected chi connectivity index (χ1v) is 10.6. The van der Waals surface area contributed by atoms with Crippen molar-refractivity contribution in [3.05, 3.63) is 54.1 Å². The molecule has 1 saturated heterocycles. The Balaban J connectivity index is 1.38. The first-order chi connectivity index (χ1) is 15.5. The summed E-state index contributed by atoms with van der Waals surface area (Å²) in [6.07, 6.45) is 3.32. The van der Waals surface area contributed by atoms with Crippen LogP contribution in [0.2, 0.25) is 0 Å². The maximum atomic E-state index is 12.8. The summed E-state index contributed by atoms with van der Waals surface area (Å²) >= 11 is 0. The van der Waals surface area contributed by atoms with E-state index in [-0.39, 0.29) is 29.2 Å². The molecule has 2 fully saturated rings. The van der Waals surface area contributed by atoms with E-state index in [0.717, 1.165) is 25.7 Å². The lowest BCUT2D eigenvalue weighted by Gasteiger charge is -2.19. The number of ether oxygens (including phenoxy) is 2. The van der Waals surface area contributed by atoms with Crippen LogP contribution in [0.3, 0.4) is 0 Å². The number of carbonyl (C=O) groups is 4. The van der Waals surface area contributed by atoms with Crippen molar-refractivity contribution in [2.24, 2.45) is 11.8 Å². The number of hydrogen-bond donors (Lipinski definition) is 1. The average Bonchev–Trinajstić information content (AvgIpc) is 3.08. The summed E-state index contributed by atoms with van der Waals surface area (Å²) in [5, 5.41) is 2.63. The number of esters is 1. The molecule has 1 heterocycles. The van der Waals surface area contributed by atoms with Gasteiger partial charge in [0.1, 0.15) is 5.75 Å². The van der Waals surface area contributed by atoms with Crippen LogP contribution in [0.4, 0.5) is 11.4 Å². The van der Waals surface area contributed by atoms with Crippen LogP contribution in [0.15, 0.2) is 48.5 Å². The van der Waals surface area contributed by atoms with Crippen LogP contribution >= 0.6 is 0 Å². The van der Waals surface area contributed by atoms with E-state index in [1.807, 2.05) is 0 Å². The Bertz CT molecular complexity index is 1020. The molecule has 0 unspecified atom stereocenters. The second-order valence-electron chi connectivity index (χ2n) is 7.91. The van der Waals surface area contributed by atoms with E-state index in [4.69, 9.17) is 9.47 Å². The minimum Gasteiger partial charge on any atom is -0.497 e. The van der Waals surface area contributed by atoms with Crippen molar-refractivity contribution in [1.82, 2.24) is 0 Å². The van der Waals surface area contributed by atoms with Crippen LogP contribution in [0.5, 0.6) is 5.75 Å². The van der Waals surface area contributed by atoms with E-state index in [1.165, 1.54) is 17.0 Å². The number of imide groups is 1. The normalized spacial score (nSPS) is 20.0. The van der Waals surface area contributed by atoms with Gasteiger partial charge in [0.25, 0.3) is 5.91 Å². The van der Waals surface area contributed by atoms with E-state index < -0.39 is 18.5 Å². The second kappa shape index (κ2) is 9.21. The summed E-state index contributed by atoms with van der Waals surface area (Å²) in [7, 11) is 1.55. The Morgan fingerprint density at radius 1 is 1.00 bits per heavy atom. The highest BCUT2D eigenvalue weighted by Gasteiger charge is 2.48. The number of benzene rings is 2. The molecule has 8 nitrogen and oxygen atoms in total. The lowest BCUT2D eigenvalue weighted by atomic mass is 9.81. The molecule has 2 aromatic rings. The molecule has 4 rings (SSSR count). The molecule has 0 bridgehead atoms. The number of nitrogens with zero attached hydrogens (tertiary/aromatic N) is 1. The van der Waals surface area contributed by atoms with Gasteiger partial charge in [-0.15, -0.1) is 0 Å². The number of amides is 3. The molecule has 2 aliphatic rings. The number of hydrogen-bond acceptors (Lipinski definition) is 6. The lowest BCUT2D eigenvalue weighted by Crippen LogP contribution is -2.31. The smallest absolute Gasteiger partial charge is 0.338 e. The van der Waals surface area contributed by atoms with Crippen LogP contribution in [0, 0.1) is 11.8 Å². The molecule has 8 heteroatoms. The highest BCUT2D eigenvalue weighted by atomic mass is 16.5. The summed E-state index contributed by atoms with van der Waals surface area (Å²) in [5.74, 6) is -1.50. The predicted molar refractivity (Wildman–Crippen MR) is 116 cm³/mol. The van der Waals surface area contributed by atoms with Crippen molar-refractivity contribution >= 4 is 35.1 Å². The van der Waals surface area contributed by atoms with E-state index in [2.05, 4.69) is 5.32 Å². The van der Waals surface area contributed by atoms with Gasteiger partial charge in [0, 0.05) is 5.69 Å². The summed E-state index contributed by atoms with van der Waals surface area (Å²) in [4.78, 5) is 51.3. The van der Waals surface area contributed by atoms with Crippen molar-refractivity contribution in [3.8, 4) is 5.75 Å². The fraction of sp³-hybridized carbons (Fsp3) is 0.333. The maximum absolute atomic E-state index is 12.8. The number of carbonyl (C=O) groups excluding carboxylic acids is 4. The first-order valence-electron chi connectivity index (χ1n) is 10.6. The lowest BCUT2D eigenvalue weighted by molar-refractivity contribution is -0.122. The fourth-order valence-electron chi connectivity index (χ4n) is 4.27. The van der Waals surface area contributed by atoms with Crippen molar-refractivity contribution in [2.45, 2.75) is 25.7 Å². The molecule has 1 aliphatic heterocycles. The minimum absolute atomic E-state index is 0.162. The molecule has 0 radical (unpaired) electrons. The van der Waals surface area contributed by atoms with Gasteiger partial charge in [-0.05, 0) is 55.3 Å². The number of anilines is 2. The Morgan fingerprint density at radius 2 is 1.66 bits per heavy atom. The summed E-state index contributed by atoms with van der Waals surface area (Å²) in [6, 6.07) is 12.9. The molecule has 1 aliphatic carbocycles. The molecular weight excluding hydrogens is 412 g/mol. The van der Waals surface area contributed by atoms with E-state index >= 15 is 0 Å². The molecule has 32 heavy (non-hydrogen) atoms. The molecule has 2 atom stereocenters. The molecule has 166 valence electrons. The zero-order chi connectivity index (χ0) is 22.7. The van der Waals surface area contributed by atoms with Gasteiger partial charge < -0.3 is 14.8 Å². The number of fused-ring (bicyclic) bond motifs is 1. The highest BCUT2D eigenvalue weighted by Crippen LogP contribution is 2.40. The summed E-state index contributed by atoms with van der Waals surface area (Å²) in [6.45, 7) is -0.471. The topological polar surface area (TPSA) is 102 Å². The van der Waals surface area contributed by atoms with Crippen molar-refractivity contribution in [2.75, 3.05) is 23.9 Å². The van der Waals surface area contributed by atoms with Crippen LogP contribution in [0.25, 0.3) is 0 Å². The zero-order valence-electron chi connectivity index (χ0n) is 17.7. The summed E-state index contributed by atoms with van der Waals surface area (Å²) < 4.78 is 10.2. The molecule has 0 aromatic heterocycles. The fourth-order valence-corrected chi connectivity index (χ4v) is 4.27. The van der Waals surface area contributed by atoms with Gasteiger partial charge in [-0.2, -0.15) is 0 Å². The third-order valence-electron chi connectivity index (χ3n) is 5.89. The predicted octanol–water partition coefficient (Wildman–Crippen LogP) is 3.17. The number of nitrogens with one attached hydrogen (secondary N) is 1. The van der Waals surface area contributed by atoms with E-state index in [1.54, 1.807) is 43.5 Å². The standard InChI is InChI=1S/C24H24N2O6/c1-31-18-11-9-16(10-12-18)25-21(27)14-32-24(30)15-5-4-6-17(13-15)26-22(28)19-7-2-3-8-20(19)23(26)29/h4-6,9-13,19-20H,2-3,7-8,14H2,1H3,(H,25,27)/t19-,20+. The Morgan fingerprint density at radius 3 is 2.28 bits per heavy atom. The Kier molecular flexibility index (Phi) is 6.20. The molecule has 3 amide bonds. The van der Waals surface area contributed by atoms with Crippen molar-refractivity contribution in [1.29, 1.82) is 0 Å². The average molecular weight is 436 g/mol. The maximum Gasteiger partial charge on any atom is 0.338 e. The van der Waals surface area contributed by atoms with E-state index in [0.29, 0.717) is 17.1 Å². The Hall–Kier alpha value is -3.68. The van der Waals surface area contributed by atoms with Crippen LogP contribution in [0.1, 0.15) is 36.0 Å². The monoisotopic (exact) mass is 436 g/mol. The minimum atomic E-state index is -0.715. The number of rotatable bonds is 6. The summed E-state index contributed by atoms with van der Waals surface area (Å²) in [5.41, 5.74) is 1.06. The third kappa shape index (κ3) is 4.34. The zero-order valence-corrected chi connectivity index (χ0v) is 17.7. The van der Waals surface area contributed by atoms with Crippen LogP contribution in [-0.4, -0.2) is 37.4 Å². The SMILES string of the molecule is COc1ccc(NC(=O)COC(=O)c2cccc(N3C(=O)[C@H]4CCCC[C@H]4C3=O)c2)cc1. The molecule has 1 saturated carbocycles. The van der Waals surface area contributed by atoms with Gasteiger partial charge in [0.05, 0.1) is 30.2 Å². The number of methoxy groups -OCH3 is 1. The largest absolute Gasteiger partial charge is 0.497 e. The van der Waals surface area contributed by atoms with Gasteiger partial charge >= 0.3 is 5.97 Å². The third-order valence-corrected chi connectivity index (χ3v) is 5.89. The second-order valence-corrected chi connectivity index (χ2v) is 7.91. The van der Waals surface area contributed by atoms with Crippen molar-refractivity contribution < 1.29 is 28.7 Å². The van der Waals surface area contributed by atoms with E-state index in [9.17, 15) is 19.2 Å². The molecule has 0 spiro atoms. The van der Waals surface area contributed by atoms with Gasteiger partial charge in [-0.3, -0.25) is 19.3 Å². The van der Waals surface area contributed by atoms with Gasteiger partial charge in [-0.1, -0.05) is 18.9 Å². The molecule has 1 N–H and O–H groups in total. The molecule has 2 aromatic carbocycles. The van der Waals surface area contributed by atoms with Gasteiger partial charge in [0.2, 0.25) is 11.8 Å².